The number of non-ortho nitro benzene ring substituents is 1. The fourth-order valence-corrected chi connectivity index (χ4v) is 2.51. The highest BCUT2D eigenvalue weighted by Gasteiger charge is 2.40. The molecule has 0 unspecified atom stereocenters. The number of nitrogens with two attached hydrogens (primary N) is 1. The summed E-state index contributed by atoms with van der Waals surface area (Å²) in [5, 5.41) is 15.4. The fourth-order valence-electron chi connectivity index (χ4n) is 2.51. The number of nitrogens with zero attached hydrogens (tertiary/aromatic N) is 4. The molecule has 28 heavy (non-hydrogen) atoms. The summed E-state index contributed by atoms with van der Waals surface area (Å²) >= 11 is 0. The van der Waals surface area contributed by atoms with Crippen molar-refractivity contribution in [2.45, 2.75) is 6.42 Å². The van der Waals surface area contributed by atoms with Crippen molar-refractivity contribution in [3.8, 4) is 11.3 Å². The van der Waals surface area contributed by atoms with Gasteiger partial charge in [-0.1, -0.05) is 0 Å². The van der Waals surface area contributed by atoms with Crippen LogP contribution in [0.3, 0.4) is 0 Å². The third-order valence-corrected chi connectivity index (χ3v) is 3.87. The molecule has 144 valence electrons. The highest BCUT2D eigenvalue weighted by molar-refractivity contribution is 6.15. The molecule has 0 aliphatic carbocycles. The summed E-state index contributed by atoms with van der Waals surface area (Å²) < 4.78 is 5.57. The van der Waals surface area contributed by atoms with E-state index < -0.39 is 22.8 Å². The summed E-state index contributed by atoms with van der Waals surface area (Å²) in [5.74, 6) is -0.611. The number of hydrazone groups is 1. The Kier molecular flexibility index (Phi) is 5.27. The first-order chi connectivity index (χ1) is 13.4. The number of rotatable bonds is 6. The molecule has 11 heteroatoms. The van der Waals surface area contributed by atoms with Crippen LogP contribution >= 0.6 is 0 Å². The number of urea groups is 1. The lowest BCUT2D eigenvalue weighted by Gasteiger charge is -2.11. The van der Waals surface area contributed by atoms with Crippen LogP contribution in [-0.2, 0) is 9.59 Å². The van der Waals surface area contributed by atoms with Crippen LogP contribution in [0.5, 0.6) is 0 Å². The van der Waals surface area contributed by atoms with Crippen molar-refractivity contribution in [3.05, 3.63) is 52.3 Å². The Labute approximate surface area is 158 Å². The van der Waals surface area contributed by atoms with Gasteiger partial charge in [0.15, 0.2) is 0 Å². The van der Waals surface area contributed by atoms with Gasteiger partial charge < -0.3 is 10.2 Å². The minimum absolute atomic E-state index is 0.0248. The average molecular weight is 385 g/mol. The van der Waals surface area contributed by atoms with Gasteiger partial charge in [-0.3, -0.25) is 19.7 Å². The molecule has 0 spiro atoms. The number of nitro groups is 1. The number of furan rings is 1. The topological polar surface area (TPSA) is 152 Å². The molecule has 1 aliphatic rings. The van der Waals surface area contributed by atoms with E-state index in [1.54, 1.807) is 24.3 Å². The van der Waals surface area contributed by atoms with Crippen LogP contribution in [0.2, 0.25) is 0 Å². The second-order valence-electron chi connectivity index (χ2n) is 5.75. The second-order valence-corrected chi connectivity index (χ2v) is 5.75. The quantitative estimate of drug-likeness (QED) is 0.341. The zero-order valence-corrected chi connectivity index (χ0v) is 14.5. The van der Waals surface area contributed by atoms with Crippen LogP contribution in [0.25, 0.3) is 11.3 Å². The summed E-state index contributed by atoms with van der Waals surface area (Å²) in [4.78, 5) is 46.5. The largest absolute Gasteiger partial charge is 0.455 e. The van der Waals surface area contributed by atoms with Gasteiger partial charge in [-0.15, -0.1) is 0 Å². The number of amides is 4. The molecule has 11 nitrogen and oxygen atoms in total. The van der Waals surface area contributed by atoms with E-state index in [0.29, 0.717) is 22.0 Å². The van der Waals surface area contributed by atoms with Gasteiger partial charge in [0.05, 0.1) is 11.1 Å². The van der Waals surface area contributed by atoms with E-state index in [4.69, 9.17) is 10.2 Å². The third-order valence-electron chi connectivity index (χ3n) is 3.87. The highest BCUT2D eigenvalue weighted by Crippen LogP contribution is 2.24. The first-order valence-electron chi connectivity index (χ1n) is 8.16. The summed E-state index contributed by atoms with van der Waals surface area (Å²) in [5.41, 5.74) is 5.85. The first kappa shape index (κ1) is 18.9. The van der Waals surface area contributed by atoms with Crippen molar-refractivity contribution in [2.75, 3.05) is 13.1 Å². The molecule has 1 aromatic heterocycles. The standard InChI is InChI=1S/C17H15N5O6/c18-8-7-15(23)21-16(24)10-20(17(21)25)19-9-13-5-6-14(28-13)11-1-3-12(4-2-11)22(26)27/h1-6,9H,7-8,10,18H2/b19-9-. The van der Waals surface area contributed by atoms with E-state index in [1.165, 1.54) is 18.3 Å². The molecular formula is C17H15N5O6. The van der Waals surface area contributed by atoms with Gasteiger partial charge in [-0.2, -0.15) is 10.0 Å². The van der Waals surface area contributed by atoms with Crippen molar-refractivity contribution in [1.29, 1.82) is 0 Å². The maximum absolute atomic E-state index is 12.1. The fraction of sp³-hybridized carbons (Fsp3) is 0.176. The molecule has 0 atom stereocenters. The number of benzene rings is 1. The van der Waals surface area contributed by atoms with Gasteiger partial charge in [0.25, 0.3) is 11.6 Å². The molecule has 0 bridgehead atoms. The Bertz CT molecular complexity index is 965. The molecule has 3 rings (SSSR count). The molecule has 0 radical (unpaired) electrons. The molecular weight excluding hydrogens is 370 g/mol. The van der Waals surface area contributed by atoms with Crippen molar-refractivity contribution in [2.24, 2.45) is 10.8 Å². The van der Waals surface area contributed by atoms with Gasteiger partial charge in [-0.25, -0.2) is 9.80 Å². The molecule has 1 fully saturated rings. The Morgan fingerprint density at radius 2 is 1.96 bits per heavy atom. The third kappa shape index (κ3) is 3.78. The van der Waals surface area contributed by atoms with Crippen LogP contribution in [0, 0.1) is 10.1 Å². The highest BCUT2D eigenvalue weighted by atomic mass is 16.6. The van der Waals surface area contributed by atoms with E-state index >= 15 is 0 Å². The summed E-state index contributed by atoms with van der Waals surface area (Å²) in [6, 6.07) is 8.17. The molecule has 2 aromatic rings. The van der Waals surface area contributed by atoms with Crippen LogP contribution < -0.4 is 5.73 Å². The number of carbonyl (C=O) groups excluding carboxylic acids is 3. The van der Waals surface area contributed by atoms with Crippen LogP contribution in [0.15, 0.2) is 45.9 Å². The average Bonchev–Trinajstić information content (AvgIpc) is 3.24. The lowest BCUT2D eigenvalue weighted by Crippen LogP contribution is -2.38. The lowest BCUT2D eigenvalue weighted by atomic mass is 10.1. The van der Waals surface area contributed by atoms with Gasteiger partial charge in [0, 0.05) is 30.7 Å². The maximum atomic E-state index is 12.1. The molecule has 1 aromatic carbocycles. The number of imide groups is 3. The van der Waals surface area contributed by atoms with Gasteiger partial charge in [0.1, 0.15) is 18.1 Å². The van der Waals surface area contributed by atoms with Crippen molar-refractivity contribution in [1.82, 2.24) is 9.91 Å². The number of hydrogen-bond donors (Lipinski definition) is 1. The Balaban J connectivity index is 1.70. The number of nitro benzene ring substituents is 1. The number of carbonyl (C=O) groups is 3. The van der Waals surface area contributed by atoms with E-state index in [2.05, 4.69) is 5.10 Å². The van der Waals surface area contributed by atoms with Crippen molar-refractivity contribution >= 4 is 29.7 Å². The first-order valence-corrected chi connectivity index (χ1v) is 8.16. The van der Waals surface area contributed by atoms with E-state index in [0.717, 1.165) is 5.01 Å². The molecule has 2 heterocycles. The van der Waals surface area contributed by atoms with Crippen LogP contribution in [-0.4, -0.2) is 52.0 Å². The zero-order chi connectivity index (χ0) is 20.3. The van der Waals surface area contributed by atoms with Gasteiger partial charge in [-0.05, 0) is 24.3 Å². The van der Waals surface area contributed by atoms with E-state index in [-0.39, 0.29) is 25.2 Å². The Morgan fingerprint density at radius 3 is 2.61 bits per heavy atom. The predicted molar refractivity (Wildman–Crippen MR) is 96.0 cm³/mol. The Morgan fingerprint density at radius 1 is 1.25 bits per heavy atom. The monoisotopic (exact) mass is 385 g/mol. The second kappa shape index (κ2) is 7.80. The zero-order valence-electron chi connectivity index (χ0n) is 14.5. The molecule has 0 saturated carbocycles. The molecule has 4 amide bonds. The van der Waals surface area contributed by atoms with Crippen molar-refractivity contribution in [3.63, 3.8) is 0 Å². The lowest BCUT2D eigenvalue weighted by molar-refractivity contribution is -0.384. The van der Waals surface area contributed by atoms with Crippen molar-refractivity contribution < 1.29 is 23.7 Å². The minimum Gasteiger partial charge on any atom is -0.455 e. The summed E-state index contributed by atoms with van der Waals surface area (Å²) in [6.45, 7) is -0.335. The smallest absolute Gasteiger partial charge is 0.354 e. The van der Waals surface area contributed by atoms with E-state index in [1.807, 2.05) is 0 Å². The minimum atomic E-state index is -0.846. The predicted octanol–water partition coefficient (Wildman–Crippen LogP) is 1.33. The molecule has 1 saturated heterocycles. The Hall–Kier alpha value is -3.86. The molecule has 1 aliphatic heterocycles. The maximum Gasteiger partial charge on any atom is 0.354 e. The van der Waals surface area contributed by atoms with Crippen LogP contribution in [0.4, 0.5) is 10.5 Å². The van der Waals surface area contributed by atoms with Crippen LogP contribution in [0.1, 0.15) is 12.2 Å². The SMILES string of the molecule is NCCC(=O)N1C(=O)CN(/N=C\c2ccc(-c3ccc([N+](=O)[O-])cc3)o2)C1=O. The summed E-state index contributed by atoms with van der Waals surface area (Å²) in [7, 11) is 0. The van der Waals surface area contributed by atoms with Gasteiger partial charge >= 0.3 is 6.03 Å². The van der Waals surface area contributed by atoms with Gasteiger partial charge in [0.2, 0.25) is 5.91 Å². The number of hydrogen-bond acceptors (Lipinski definition) is 8. The normalized spacial score (nSPS) is 14.3. The van der Waals surface area contributed by atoms with E-state index in [9.17, 15) is 24.5 Å². The summed E-state index contributed by atoms with van der Waals surface area (Å²) in [6.07, 6.45) is 1.11. The molecule has 2 N–H and O–H groups in total.